The average molecular weight is 265 g/mol. The zero-order chi connectivity index (χ0) is 12.8. The molecule has 3 rings (SSSR count). The Balaban J connectivity index is 1.63. The highest BCUT2D eigenvalue weighted by Gasteiger charge is 2.53. The van der Waals surface area contributed by atoms with Gasteiger partial charge in [0.15, 0.2) is 9.84 Å². The average Bonchev–Trinajstić information content (AvgIpc) is 3.17. The highest BCUT2D eigenvalue weighted by molar-refractivity contribution is 7.90. The molecule has 1 N–H and O–H groups in total. The van der Waals surface area contributed by atoms with Crippen molar-refractivity contribution in [1.82, 2.24) is 0 Å². The minimum atomic E-state index is -3.08. The summed E-state index contributed by atoms with van der Waals surface area (Å²) in [5.74, 6) is 0.945. The van der Waals surface area contributed by atoms with Crippen molar-refractivity contribution in [3.8, 4) is 0 Å². The fraction of sp³-hybridized carbons (Fsp3) is 0.571. The smallest absolute Gasteiger partial charge is 0.175 e. The summed E-state index contributed by atoms with van der Waals surface area (Å²) in [6.45, 7) is 1.04. The van der Waals surface area contributed by atoms with E-state index in [1.54, 1.807) is 12.1 Å². The van der Waals surface area contributed by atoms with Crippen LogP contribution in [0.5, 0.6) is 0 Å². The molecule has 2 aliphatic carbocycles. The lowest BCUT2D eigenvalue weighted by atomic mass is 10.0. The lowest BCUT2D eigenvalue weighted by Gasteiger charge is -2.16. The van der Waals surface area contributed by atoms with Crippen LogP contribution in [0.2, 0.25) is 0 Å². The molecule has 0 radical (unpaired) electrons. The molecule has 18 heavy (non-hydrogen) atoms. The standard InChI is InChI=1S/C14H19NO2S/c1-18(16,17)13-6-4-12(5-7-13)15-10-14(8-9-14)11-2-3-11/h4-7,11,15H,2-3,8-10H2,1H3. The first-order valence-electron chi connectivity index (χ1n) is 6.54. The van der Waals surface area contributed by atoms with Crippen LogP contribution in [0.1, 0.15) is 25.7 Å². The lowest BCUT2D eigenvalue weighted by molar-refractivity contribution is 0.467. The molecule has 0 unspecified atom stereocenters. The first kappa shape index (κ1) is 12.0. The van der Waals surface area contributed by atoms with Gasteiger partial charge in [-0.15, -0.1) is 0 Å². The van der Waals surface area contributed by atoms with Gasteiger partial charge in [0, 0.05) is 18.5 Å². The zero-order valence-corrected chi connectivity index (χ0v) is 11.5. The van der Waals surface area contributed by atoms with Gasteiger partial charge in [-0.25, -0.2) is 8.42 Å². The van der Waals surface area contributed by atoms with Crippen molar-refractivity contribution < 1.29 is 8.42 Å². The molecule has 0 heterocycles. The summed E-state index contributed by atoms with van der Waals surface area (Å²) >= 11 is 0. The van der Waals surface area contributed by atoms with E-state index in [-0.39, 0.29) is 0 Å². The zero-order valence-electron chi connectivity index (χ0n) is 10.6. The Bertz CT molecular complexity index is 540. The molecule has 2 saturated carbocycles. The predicted octanol–water partition coefficient (Wildman–Crippen LogP) is 2.69. The van der Waals surface area contributed by atoms with E-state index in [1.165, 1.54) is 31.9 Å². The molecule has 4 heteroatoms. The van der Waals surface area contributed by atoms with Gasteiger partial charge in [0.05, 0.1) is 4.90 Å². The minimum Gasteiger partial charge on any atom is -0.384 e. The topological polar surface area (TPSA) is 46.2 Å². The number of anilines is 1. The van der Waals surface area contributed by atoms with E-state index in [9.17, 15) is 8.42 Å². The van der Waals surface area contributed by atoms with Crippen molar-refractivity contribution in [2.45, 2.75) is 30.6 Å². The Morgan fingerprint density at radius 1 is 1.22 bits per heavy atom. The Hall–Kier alpha value is -1.03. The van der Waals surface area contributed by atoms with Gasteiger partial charge in [-0.2, -0.15) is 0 Å². The Morgan fingerprint density at radius 2 is 1.83 bits per heavy atom. The van der Waals surface area contributed by atoms with Gasteiger partial charge in [-0.3, -0.25) is 0 Å². The van der Waals surface area contributed by atoms with Crippen LogP contribution in [0.15, 0.2) is 29.2 Å². The number of hydrogen-bond acceptors (Lipinski definition) is 3. The fourth-order valence-electron chi connectivity index (χ4n) is 2.68. The largest absolute Gasteiger partial charge is 0.384 e. The van der Waals surface area contributed by atoms with Gasteiger partial charge < -0.3 is 5.32 Å². The molecule has 0 spiro atoms. The van der Waals surface area contributed by atoms with E-state index < -0.39 is 9.84 Å². The highest BCUT2D eigenvalue weighted by atomic mass is 32.2. The normalized spacial score (nSPS) is 21.6. The van der Waals surface area contributed by atoms with Crippen molar-refractivity contribution in [3.63, 3.8) is 0 Å². The molecule has 0 aliphatic heterocycles. The van der Waals surface area contributed by atoms with Crippen LogP contribution >= 0.6 is 0 Å². The van der Waals surface area contributed by atoms with Crippen LogP contribution in [0.4, 0.5) is 5.69 Å². The Morgan fingerprint density at radius 3 is 2.28 bits per heavy atom. The maximum absolute atomic E-state index is 11.3. The number of rotatable bonds is 5. The highest BCUT2D eigenvalue weighted by Crippen LogP contribution is 2.61. The molecule has 0 aromatic heterocycles. The number of nitrogens with one attached hydrogen (secondary N) is 1. The van der Waals surface area contributed by atoms with E-state index in [2.05, 4.69) is 5.32 Å². The second-order valence-electron chi connectivity index (χ2n) is 5.79. The van der Waals surface area contributed by atoms with Gasteiger partial charge in [0.2, 0.25) is 0 Å². The molecular formula is C14H19NO2S. The van der Waals surface area contributed by atoms with Crippen LogP contribution in [0.3, 0.4) is 0 Å². The Kier molecular flexibility index (Phi) is 2.66. The van der Waals surface area contributed by atoms with E-state index in [1.807, 2.05) is 12.1 Å². The molecule has 3 nitrogen and oxygen atoms in total. The van der Waals surface area contributed by atoms with Crippen LogP contribution < -0.4 is 5.32 Å². The van der Waals surface area contributed by atoms with Crippen molar-refractivity contribution in [2.75, 3.05) is 18.1 Å². The third-order valence-electron chi connectivity index (χ3n) is 4.26. The quantitative estimate of drug-likeness (QED) is 0.890. The second kappa shape index (κ2) is 3.98. The van der Waals surface area contributed by atoms with Gasteiger partial charge >= 0.3 is 0 Å². The molecule has 0 bridgehead atoms. The van der Waals surface area contributed by atoms with Crippen LogP contribution in [0.25, 0.3) is 0 Å². The molecular weight excluding hydrogens is 246 g/mol. The van der Waals surface area contributed by atoms with Gasteiger partial charge in [-0.1, -0.05) is 0 Å². The third-order valence-corrected chi connectivity index (χ3v) is 5.39. The Labute approximate surface area is 109 Å². The second-order valence-corrected chi connectivity index (χ2v) is 7.80. The monoisotopic (exact) mass is 265 g/mol. The molecule has 1 aromatic rings. The SMILES string of the molecule is CS(=O)(=O)c1ccc(NCC2(C3CC3)CC2)cc1. The van der Waals surface area contributed by atoms with Crippen molar-refractivity contribution >= 4 is 15.5 Å². The van der Waals surface area contributed by atoms with E-state index in [0.717, 1.165) is 18.2 Å². The number of benzene rings is 1. The summed E-state index contributed by atoms with van der Waals surface area (Å²) in [5, 5.41) is 3.45. The van der Waals surface area contributed by atoms with E-state index in [4.69, 9.17) is 0 Å². The van der Waals surface area contributed by atoms with Crippen molar-refractivity contribution in [2.24, 2.45) is 11.3 Å². The maximum Gasteiger partial charge on any atom is 0.175 e. The van der Waals surface area contributed by atoms with Crippen molar-refractivity contribution in [3.05, 3.63) is 24.3 Å². The molecule has 98 valence electrons. The number of sulfone groups is 1. The van der Waals surface area contributed by atoms with Gasteiger partial charge in [0.1, 0.15) is 0 Å². The molecule has 0 atom stereocenters. The van der Waals surface area contributed by atoms with Gasteiger partial charge in [0.25, 0.3) is 0 Å². The van der Waals surface area contributed by atoms with E-state index in [0.29, 0.717) is 10.3 Å². The molecule has 1 aromatic carbocycles. The van der Waals surface area contributed by atoms with Crippen LogP contribution in [0, 0.1) is 11.3 Å². The maximum atomic E-state index is 11.3. The third kappa shape index (κ3) is 2.39. The summed E-state index contributed by atoms with van der Waals surface area (Å²) in [6, 6.07) is 7.07. The molecule has 0 amide bonds. The predicted molar refractivity (Wildman–Crippen MR) is 72.4 cm³/mol. The van der Waals surface area contributed by atoms with E-state index >= 15 is 0 Å². The van der Waals surface area contributed by atoms with Gasteiger partial charge in [-0.05, 0) is 61.3 Å². The molecule has 2 fully saturated rings. The summed E-state index contributed by atoms with van der Waals surface area (Å²) in [4.78, 5) is 0.386. The lowest BCUT2D eigenvalue weighted by Crippen LogP contribution is -2.17. The minimum absolute atomic E-state index is 0.386. The van der Waals surface area contributed by atoms with Crippen LogP contribution in [-0.2, 0) is 9.84 Å². The molecule has 2 aliphatic rings. The van der Waals surface area contributed by atoms with Crippen molar-refractivity contribution in [1.29, 1.82) is 0 Å². The summed E-state index contributed by atoms with van der Waals surface area (Å²) in [6.07, 6.45) is 6.74. The fourth-order valence-corrected chi connectivity index (χ4v) is 3.31. The summed E-state index contributed by atoms with van der Waals surface area (Å²) in [5.41, 5.74) is 1.59. The molecule has 0 saturated heterocycles. The first-order valence-corrected chi connectivity index (χ1v) is 8.43. The first-order chi connectivity index (χ1) is 8.50. The van der Waals surface area contributed by atoms with Crippen LogP contribution in [-0.4, -0.2) is 21.2 Å². The summed E-state index contributed by atoms with van der Waals surface area (Å²) in [7, 11) is -3.08. The summed E-state index contributed by atoms with van der Waals surface area (Å²) < 4.78 is 22.7. The number of hydrogen-bond donors (Lipinski definition) is 1.